The van der Waals surface area contributed by atoms with E-state index >= 15 is 0 Å². The molecule has 32 heavy (non-hydrogen) atoms. The molecule has 1 aliphatic rings. The molecule has 0 spiro atoms. The van der Waals surface area contributed by atoms with E-state index in [4.69, 9.17) is 0 Å². The summed E-state index contributed by atoms with van der Waals surface area (Å²) in [7, 11) is 0. The summed E-state index contributed by atoms with van der Waals surface area (Å²) in [5.74, 6) is -0.245. The van der Waals surface area contributed by atoms with E-state index in [9.17, 15) is 9.59 Å². The van der Waals surface area contributed by atoms with Crippen molar-refractivity contribution in [1.29, 1.82) is 0 Å². The molecule has 3 aromatic heterocycles. The second kappa shape index (κ2) is 8.03. The Labute approximate surface area is 185 Å². The van der Waals surface area contributed by atoms with E-state index in [0.29, 0.717) is 30.7 Å². The molecular weight excluding hydrogens is 404 g/mol. The molecule has 0 N–H and O–H groups in total. The van der Waals surface area contributed by atoms with Crippen LogP contribution in [0, 0.1) is 6.92 Å². The van der Waals surface area contributed by atoms with Crippen LogP contribution in [0.3, 0.4) is 0 Å². The zero-order valence-corrected chi connectivity index (χ0v) is 18.1. The van der Waals surface area contributed by atoms with E-state index in [2.05, 4.69) is 15.3 Å². The Morgan fingerprint density at radius 1 is 1.12 bits per heavy atom. The molecule has 162 valence electrons. The van der Waals surface area contributed by atoms with Gasteiger partial charge in [0.25, 0.3) is 5.91 Å². The lowest BCUT2D eigenvalue weighted by molar-refractivity contribution is 0.0785. The third kappa shape index (κ3) is 3.47. The van der Waals surface area contributed by atoms with Gasteiger partial charge in [-0.05, 0) is 32.4 Å². The number of rotatable bonds is 4. The lowest BCUT2D eigenvalue weighted by Gasteiger charge is -2.18. The summed E-state index contributed by atoms with van der Waals surface area (Å²) < 4.78 is 3.70. The molecule has 8 heteroatoms. The summed E-state index contributed by atoms with van der Waals surface area (Å²) in [4.78, 5) is 32.6. The monoisotopic (exact) mass is 428 g/mol. The second-order valence-electron chi connectivity index (χ2n) is 8.13. The van der Waals surface area contributed by atoms with Gasteiger partial charge >= 0.3 is 0 Å². The van der Waals surface area contributed by atoms with Crippen molar-refractivity contribution in [3.63, 3.8) is 0 Å². The number of hydrogen-bond acceptors (Lipinski definition) is 5. The smallest absolute Gasteiger partial charge is 0.259 e. The average molecular weight is 428 g/mol. The van der Waals surface area contributed by atoms with Crippen molar-refractivity contribution >= 4 is 16.9 Å². The number of likely N-dealkylation sites (tertiary alicyclic amines) is 1. The van der Waals surface area contributed by atoms with Crippen molar-refractivity contribution in [2.24, 2.45) is 0 Å². The maximum Gasteiger partial charge on any atom is 0.259 e. The molecule has 0 radical (unpaired) electrons. The molecule has 0 saturated carbocycles. The number of pyridine rings is 2. The quantitative estimate of drug-likeness (QED) is 0.499. The minimum Gasteiger partial charge on any atom is -0.336 e. The molecule has 8 nitrogen and oxygen atoms in total. The van der Waals surface area contributed by atoms with Gasteiger partial charge in [-0.1, -0.05) is 35.5 Å². The van der Waals surface area contributed by atoms with Gasteiger partial charge in [-0.25, -0.2) is 9.67 Å². The summed E-state index contributed by atoms with van der Waals surface area (Å²) in [6.07, 6.45) is 4.33. The highest BCUT2D eigenvalue weighted by Crippen LogP contribution is 2.24. The predicted molar refractivity (Wildman–Crippen MR) is 121 cm³/mol. The third-order valence-corrected chi connectivity index (χ3v) is 6.04. The van der Waals surface area contributed by atoms with Crippen molar-refractivity contribution in [3.8, 4) is 11.3 Å². The van der Waals surface area contributed by atoms with Gasteiger partial charge in [-0.15, -0.1) is 5.10 Å². The molecule has 1 unspecified atom stereocenters. The van der Waals surface area contributed by atoms with Gasteiger partial charge in [-0.3, -0.25) is 9.59 Å². The van der Waals surface area contributed by atoms with Gasteiger partial charge in [0.2, 0.25) is 5.43 Å². The Balaban J connectivity index is 1.40. The van der Waals surface area contributed by atoms with Gasteiger partial charge in [0.15, 0.2) is 0 Å². The number of aryl methyl sites for hydroxylation is 2. The Bertz CT molecular complexity index is 1360. The number of fused-ring (bicyclic) bond motifs is 1. The van der Waals surface area contributed by atoms with Crippen LogP contribution in [0.2, 0.25) is 0 Å². The summed E-state index contributed by atoms with van der Waals surface area (Å²) in [5.41, 5.74) is 3.18. The summed E-state index contributed by atoms with van der Waals surface area (Å²) in [6.45, 7) is 5.55. The Hall–Kier alpha value is -3.81. The molecule has 1 fully saturated rings. The summed E-state index contributed by atoms with van der Waals surface area (Å²) in [6, 6.07) is 13.5. The number of benzene rings is 1. The second-order valence-corrected chi connectivity index (χ2v) is 8.13. The van der Waals surface area contributed by atoms with Crippen LogP contribution in [-0.2, 0) is 6.54 Å². The number of amides is 1. The number of aromatic nitrogens is 5. The van der Waals surface area contributed by atoms with Crippen LogP contribution in [0.25, 0.3) is 22.3 Å². The van der Waals surface area contributed by atoms with Crippen LogP contribution in [0.5, 0.6) is 0 Å². The minimum atomic E-state index is -0.266. The first-order chi connectivity index (χ1) is 15.5. The lowest BCUT2D eigenvalue weighted by Crippen LogP contribution is -2.33. The maximum atomic E-state index is 13.3. The van der Waals surface area contributed by atoms with Crippen LogP contribution in [0.15, 0.2) is 59.7 Å². The molecule has 0 bridgehead atoms. The molecule has 0 aliphatic carbocycles. The predicted octanol–water partition coefficient (Wildman–Crippen LogP) is 3.07. The number of carbonyl (C=O) groups is 1. The van der Waals surface area contributed by atoms with Crippen LogP contribution >= 0.6 is 0 Å². The fraction of sp³-hybridized carbons (Fsp3) is 0.292. The van der Waals surface area contributed by atoms with E-state index in [1.165, 1.54) is 0 Å². The van der Waals surface area contributed by atoms with Crippen LogP contribution in [0.1, 0.15) is 35.4 Å². The molecule has 1 aliphatic heterocycles. The first kappa shape index (κ1) is 20.1. The molecular formula is C24H24N6O2. The molecule has 1 saturated heterocycles. The van der Waals surface area contributed by atoms with Crippen LogP contribution in [0.4, 0.5) is 0 Å². The molecule has 1 atom stereocenters. The maximum absolute atomic E-state index is 13.3. The van der Waals surface area contributed by atoms with E-state index in [-0.39, 0.29) is 22.9 Å². The zero-order valence-electron chi connectivity index (χ0n) is 18.1. The highest BCUT2D eigenvalue weighted by Gasteiger charge is 2.30. The van der Waals surface area contributed by atoms with Gasteiger partial charge in [0, 0.05) is 37.1 Å². The molecule has 1 aromatic carbocycles. The van der Waals surface area contributed by atoms with Crippen molar-refractivity contribution < 1.29 is 4.79 Å². The van der Waals surface area contributed by atoms with Gasteiger partial charge in [0.1, 0.15) is 16.9 Å². The van der Waals surface area contributed by atoms with E-state index in [0.717, 1.165) is 23.4 Å². The Morgan fingerprint density at radius 3 is 2.72 bits per heavy atom. The topological polar surface area (TPSA) is 85.9 Å². The van der Waals surface area contributed by atoms with Gasteiger partial charge in [0.05, 0.1) is 17.6 Å². The molecule has 1 amide bonds. The largest absolute Gasteiger partial charge is 0.336 e. The normalized spacial score (nSPS) is 16.1. The highest BCUT2D eigenvalue weighted by atomic mass is 16.2. The van der Waals surface area contributed by atoms with Gasteiger partial charge in [-0.2, -0.15) is 0 Å². The SMILES string of the molecule is CCn1cc(C(=O)N2CCC(n3cc(-c4ccccc4)nn3)C2)c(=O)c2ccc(C)nc21. The van der Waals surface area contributed by atoms with Crippen molar-refractivity contribution in [2.75, 3.05) is 13.1 Å². The highest BCUT2D eigenvalue weighted by molar-refractivity contribution is 5.97. The zero-order chi connectivity index (χ0) is 22.2. The van der Waals surface area contributed by atoms with Crippen molar-refractivity contribution in [2.45, 2.75) is 32.9 Å². The average Bonchev–Trinajstić information content (AvgIpc) is 3.49. The molecule has 5 rings (SSSR count). The van der Waals surface area contributed by atoms with Crippen molar-refractivity contribution in [3.05, 3.63) is 76.3 Å². The number of nitrogens with zero attached hydrogens (tertiary/aromatic N) is 6. The Kier molecular flexibility index (Phi) is 5.05. The summed E-state index contributed by atoms with van der Waals surface area (Å²) >= 11 is 0. The fourth-order valence-corrected chi connectivity index (χ4v) is 4.26. The van der Waals surface area contributed by atoms with E-state index in [1.807, 2.05) is 59.6 Å². The first-order valence-corrected chi connectivity index (χ1v) is 10.8. The summed E-state index contributed by atoms with van der Waals surface area (Å²) in [5, 5.41) is 9.05. The van der Waals surface area contributed by atoms with Crippen LogP contribution < -0.4 is 5.43 Å². The van der Waals surface area contributed by atoms with Crippen molar-refractivity contribution in [1.82, 2.24) is 29.4 Å². The van der Waals surface area contributed by atoms with Crippen LogP contribution in [-0.4, -0.2) is 48.4 Å². The van der Waals surface area contributed by atoms with E-state index in [1.54, 1.807) is 23.2 Å². The number of hydrogen-bond donors (Lipinski definition) is 0. The third-order valence-electron chi connectivity index (χ3n) is 6.04. The lowest BCUT2D eigenvalue weighted by atomic mass is 10.1. The minimum absolute atomic E-state index is 0.0297. The molecule has 4 aromatic rings. The van der Waals surface area contributed by atoms with Gasteiger partial charge < -0.3 is 9.47 Å². The number of carbonyl (C=O) groups excluding carboxylic acids is 1. The van der Waals surface area contributed by atoms with E-state index < -0.39 is 0 Å². The Morgan fingerprint density at radius 2 is 1.94 bits per heavy atom. The molecule has 4 heterocycles. The fourth-order valence-electron chi connectivity index (χ4n) is 4.26. The standard InChI is InChI=1S/C24H24N6O2/c1-3-28-14-20(22(31)19-10-9-16(2)25-23(19)28)24(32)29-12-11-18(13-29)30-15-21(26-27-30)17-7-5-4-6-8-17/h4-10,14-15,18H,3,11-13H2,1-2H3. The first-order valence-electron chi connectivity index (χ1n) is 10.8.